The van der Waals surface area contributed by atoms with Crippen LogP contribution in [0.25, 0.3) is 11.5 Å². The van der Waals surface area contributed by atoms with Crippen LogP contribution in [0.5, 0.6) is 0 Å². The number of nitrogens with zero attached hydrogens (tertiary/aromatic N) is 2. The first-order valence-corrected chi connectivity index (χ1v) is 9.18. The second kappa shape index (κ2) is 7.66. The normalized spacial score (nSPS) is 11.0. The molecule has 0 spiro atoms. The zero-order valence-electron chi connectivity index (χ0n) is 14.5. The zero-order chi connectivity index (χ0) is 17.8. The molecular weight excluding hydrogens is 332 g/mol. The number of hydrogen-bond donors (Lipinski definition) is 0. The highest BCUT2D eigenvalue weighted by Crippen LogP contribution is 2.26. The zero-order valence-corrected chi connectivity index (χ0v) is 15.3. The van der Waals surface area contributed by atoms with Gasteiger partial charge in [0.1, 0.15) is 0 Å². The second-order valence-electron chi connectivity index (χ2n) is 6.18. The van der Waals surface area contributed by atoms with Gasteiger partial charge in [0.2, 0.25) is 5.89 Å². The third kappa shape index (κ3) is 4.17. The van der Waals surface area contributed by atoms with Crippen LogP contribution < -0.4 is 0 Å². The Morgan fingerprint density at radius 3 is 2.48 bits per heavy atom. The van der Waals surface area contributed by atoms with Gasteiger partial charge in [0.15, 0.2) is 5.78 Å². The van der Waals surface area contributed by atoms with E-state index in [9.17, 15) is 4.79 Å². The van der Waals surface area contributed by atoms with Gasteiger partial charge in [-0.1, -0.05) is 68.1 Å². The first-order valence-electron chi connectivity index (χ1n) is 8.20. The lowest BCUT2D eigenvalue weighted by atomic mass is 10.0. The Hall–Kier alpha value is -2.40. The predicted octanol–water partition coefficient (Wildman–Crippen LogP) is 5.14. The average Bonchev–Trinajstić information content (AvgIpc) is 3.09. The standard InChI is InChI=1S/C20H20N2O2S/c1-13(2)15-8-10-16(11-9-15)18(23)12-25-20-22-21-19(24-20)17-7-5-4-6-14(17)3/h4-11,13H,12H2,1-3H3. The molecule has 3 aromatic rings. The molecule has 0 unspecified atom stereocenters. The summed E-state index contributed by atoms with van der Waals surface area (Å²) in [4.78, 5) is 12.3. The minimum absolute atomic E-state index is 0.0518. The van der Waals surface area contributed by atoms with Gasteiger partial charge in [-0.25, -0.2) is 0 Å². The van der Waals surface area contributed by atoms with Gasteiger partial charge in [-0.3, -0.25) is 4.79 Å². The molecular formula is C20H20N2O2S. The van der Waals surface area contributed by atoms with E-state index in [1.54, 1.807) is 0 Å². The van der Waals surface area contributed by atoms with Crippen molar-refractivity contribution < 1.29 is 9.21 Å². The van der Waals surface area contributed by atoms with E-state index in [-0.39, 0.29) is 11.5 Å². The molecule has 0 saturated heterocycles. The molecule has 0 amide bonds. The van der Waals surface area contributed by atoms with E-state index in [2.05, 4.69) is 24.0 Å². The quantitative estimate of drug-likeness (QED) is 0.454. The molecule has 0 aliphatic carbocycles. The molecule has 0 aliphatic rings. The van der Waals surface area contributed by atoms with E-state index in [1.807, 2.05) is 55.5 Å². The molecule has 0 atom stereocenters. The van der Waals surface area contributed by atoms with Crippen molar-refractivity contribution in [1.29, 1.82) is 0 Å². The molecule has 0 fully saturated rings. The van der Waals surface area contributed by atoms with E-state index < -0.39 is 0 Å². The van der Waals surface area contributed by atoms with Crippen LogP contribution in [0.4, 0.5) is 0 Å². The van der Waals surface area contributed by atoms with Crippen molar-refractivity contribution in [2.24, 2.45) is 0 Å². The highest BCUT2D eigenvalue weighted by atomic mass is 32.2. The number of rotatable bonds is 6. The summed E-state index contributed by atoms with van der Waals surface area (Å²) in [5, 5.41) is 8.52. The maximum atomic E-state index is 12.3. The van der Waals surface area contributed by atoms with Crippen LogP contribution in [-0.2, 0) is 0 Å². The summed E-state index contributed by atoms with van der Waals surface area (Å²) in [5.74, 6) is 1.26. The first kappa shape index (κ1) is 17.4. The molecule has 4 nitrogen and oxygen atoms in total. The molecule has 0 N–H and O–H groups in total. The van der Waals surface area contributed by atoms with Gasteiger partial charge in [-0.05, 0) is 30.0 Å². The van der Waals surface area contributed by atoms with E-state index in [4.69, 9.17) is 4.42 Å². The number of aromatic nitrogens is 2. The minimum Gasteiger partial charge on any atom is -0.411 e. The number of Topliss-reactive ketones (excluding diaryl/α,β-unsaturated/α-hetero) is 1. The Morgan fingerprint density at radius 2 is 1.80 bits per heavy atom. The third-order valence-corrected chi connectivity index (χ3v) is 4.83. The van der Waals surface area contributed by atoms with Crippen LogP contribution in [-0.4, -0.2) is 21.7 Å². The van der Waals surface area contributed by atoms with Crippen LogP contribution in [0, 0.1) is 6.92 Å². The Labute approximate surface area is 151 Å². The van der Waals surface area contributed by atoms with Crippen molar-refractivity contribution in [1.82, 2.24) is 10.2 Å². The van der Waals surface area contributed by atoms with Crippen LogP contribution in [0.1, 0.15) is 41.3 Å². The molecule has 1 aromatic heterocycles. The molecule has 1 heterocycles. The monoisotopic (exact) mass is 352 g/mol. The van der Waals surface area contributed by atoms with Crippen molar-refractivity contribution in [2.75, 3.05) is 5.75 Å². The molecule has 0 saturated carbocycles. The summed E-state index contributed by atoms with van der Waals surface area (Å²) in [6.07, 6.45) is 0. The van der Waals surface area contributed by atoms with Gasteiger partial charge in [-0.15, -0.1) is 10.2 Å². The number of carbonyl (C=O) groups excluding carboxylic acids is 1. The van der Waals surface area contributed by atoms with Gasteiger partial charge >= 0.3 is 0 Å². The smallest absolute Gasteiger partial charge is 0.277 e. The molecule has 128 valence electrons. The fraction of sp³-hybridized carbons (Fsp3) is 0.250. The van der Waals surface area contributed by atoms with Gasteiger partial charge < -0.3 is 4.42 Å². The largest absolute Gasteiger partial charge is 0.411 e. The lowest BCUT2D eigenvalue weighted by Gasteiger charge is -2.05. The maximum absolute atomic E-state index is 12.3. The number of ketones is 1. The van der Waals surface area contributed by atoms with Crippen LogP contribution in [0.3, 0.4) is 0 Å². The number of benzene rings is 2. The SMILES string of the molecule is Cc1ccccc1-c1nnc(SCC(=O)c2ccc(C(C)C)cc2)o1. The summed E-state index contributed by atoms with van der Waals surface area (Å²) in [5.41, 5.74) is 3.92. The van der Waals surface area contributed by atoms with Gasteiger partial charge in [0.05, 0.1) is 5.75 Å². The summed E-state index contributed by atoms with van der Waals surface area (Å²) < 4.78 is 5.68. The molecule has 25 heavy (non-hydrogen) atoms. The summed E-state index contributed by atoms with van der Waals surface area (Å²) >= 11 is 1.27. The van der Waals surface area contributed by atoms with Crippen LogP contribution in [0.2, 0.25) is 0 Å². The van der Waals surface area contributed by atoms with Crippen molar-refractivity contribution in [3.8, 4) is 11.5 Å². The van der Waals surface area contributed by atoms with E-state index in [0.29, 0.717) is 22.6 Å². The lowest BCUT2D eigenvalue weighted by Crippen LogP contribution is -2.02. The van der Waals surface area contributed by atoms with E-state index in [1.165, 1.54) is 17.3 Å². The fourth-order valence-electron chi connectivity index (χ4n) is 2.45. The molecule has 0 radical (unpaired) electrons. The average molecular weight is 352 g/mol. The van der Waals surface area contributed by atoms with Crippen molar-refractivity contribution >= 4 is 17.5 Å². The van der Waals surface area contributed by atoms with Gasteiger partial charge in [-0.2, -0.15) is 0 Å². The van der Waals surface area contributed by atoms with Gasteiger partial charge in [0.25, 0.3) is 5.22 Å². The highest BCUT2D eigenvalue weighted by molar-refractivity contribution is 7.99. The number of carbonyl (C=O) groups is 1. The molecule has 5 heteroatoms. The topological polar surface area (TPSA) is 56.0 Å². The predicted molar refractivity (Wildman–Crippen MR) is 100 cm³/mol. The van der Waals surface area contributed by atoms with E-state index in [0.717, 1.165) is 11.1 Å². The van der Waals surface area contributed by atoms with Crippen molar-refractivity contribution in [2.45, 2.75) is 31.9 Å². The maximum Gasteiger partial charge on any atom is 0.277 e. The van der Waals surface area contributed by atoms with Crippen molar-refractivity contribution in [3.63, 3.8) is 0 Å². The summed E-state index contributed by atoms with van der Waals surface area (Å²) in [6, 6.07) is 15.6. The van der Waals surface area contributed by atoms with E-state index >= 15 is 0 Å². The van der Waals surface area contributed by atoms with Crippen LogP contribution in [0.15, 0.2) is 58.2 Å². The molecule has 3 rings (SSSR count). The Balaban J connectivity index is 1.64. The number of hydrogen-bond acceptors (Lipinski definition) is 5. The molecule has 0 bridgehead atoms. The minimum atomic E-state index is 0.0518. The molecule has 2 aromatic carbocycles. The molecule has 0 aliphatic heterocycles. The number of thioether (sulfide) groups is 1. The number of aryl methyl sites for hydroxylation is 1. The summed E-state index contributed by atoms with van der Waals surface area (Å²) in [7, 11) is 0. The fourth-order valence-corrected chi connectivity index (χ4v) is 3.11. The second-order valence-corrected chi connectivity index (χ2v) is 7.10. The van der Waals surface area contributed by atoms with Crippen LogP contribution >= 0.6 is 11.8 Å². The van der Waals surface area contributed by atoms with Gasteiger partial charge in [0, 0.05) is 11.1 Å². The first-order chi connectivity index (χ1) is 12.0. The summed E-state index contributed by atoms with van der Waals surface area (Å²) in [6.45, 7) is 6.26. The Kier molecular flexibility index (Phi) is 5.34. The Morgan fingerprint density at radius 1 is 1.08 bits per heavy atom. The van der Waals surface area contributed by atoms with Crippen molar-refractivity contribution in [3.05, 3.63) is 65.2 Å². The highest BCUT2D eigenvalue weighted by Gasteiger charge is 2.13. The third-order valence-electron chi connectivity index (χ3n) is 4.01. The lowest BCUT2D eigenvalue weighted by molar-refractivity contribution is 0.102. The Bertz CT molecular complexity index is 869.